The Balaban J connectivity index is -0.000000192. The van der Waals surface area contributed by atoms with Crippen LogP contribution < -0.4 is 69.3 Å². The molecule has 0 aromatic rings. The molecule has 0 N–H and O–H groups in total. The fourth-order valence-corrected chi connectivity index (χ4v) is 2.53. The van der Waals surface area contributed by atoms with Gasteiger partial charge in [0.15, 0.2) is 0 Å². The van der Waals surface area contributed by atoms with E-state index < -0.39 is 11.9 Å². The van der Waals surface area contributed by atoms with Crippen LogP contribution in [0.15, 0.2) is 25.3 Å². The Labute approximate surface area is 217 Å². The first-order valence-corrected chi connectivity index (χ1v) is 10.2. The quantitative estimate of drug-likeness (QED) is 0.150. The molecule has 0 fully saturated rings. The molecule has 0 aromatic heterocycles. The number of aliphatic carboxylic acids is 2. The summed E-state index contributed by atoms with van der Waals surface area (Å²) in [6, 6.07) is 0. The van der Waals surface area contributed by atoms with Crippen molar-refractivity contribution in [3.8, 4) is 0 Å². The normalized spacial score (nSPS) is 9.14. The van der Waals surface area contributed by atoms with E-state index in [2.05, 4.69) is 13.2 Å². The summed E-state index contributed by atoms with van der Waals surface area (Å²) in [5.74, 6) is -1.85. The van der Waals surface area contributed by atoms with Gasteiger partial charge in [0, 0.05) is 11.9 Å². The van der Waals surface area contributed by atoms with Crippen molar-refractivity contribution in [1.82, 2.24) is 0 Å². The van der Waals surface area contributed by atoms with Crippen LogP contribution in [-0.2, 0) is 9.59 Å². The molecule has 28 heavy (non-hydrogen) atoms. The van der Waals surface area contributed by atoms with Crippen molar-refractivity contribution < 1.29 is 78.9 Å². The Hall–Kier alpha value is 0.420. The van der Waals surface area contributed by atoms with E-state index in [0.29, 0.717) is 0 Å². The first kappa shape index (κ1) is 35.8. The predicted octanol–water partition coefficient (Wildman–Crippen LogP) is -1.91. The second kappa shape index (κ2) is 32.1. The molecule has 6 heteroatoms. The van der Waals surface area contributed by atoms with Gasteiger partial charge in [0.2, 0.25) is 0 Å². The van der Waals surface area contributed by atoms with Crippen molar-refractivity contribution in [2.45, 2.75) is 103 Å². The molecule has 0 atom stereocenters. The Morgan fingerprint density at radius 1 is 0.536 bits per heavy atom. The van der Waals surface area contributed by atoms with Gasteiger partial charge in [-0.25, -0.2) is 0 Å². The number of unbranched alkanes of at least 4 members (excludes halogenated alkanes) is 12. The molecule has 152 valence electrons. The molecule has 0 spiro atoms. The van der Waals surface area contributed by atoms with Crippen molar-refractivity contribution in [2.24, 2.45) is 0 Å². The third kappa shape index (κ3) is 40.9. The summed E-state index contributed by atoms with van der Waals surface area (Å²) >= 11 is 0. The molecule has 0 unspecified atom stereocenters. The monoisotopic (exact) mass is 412 g/mol. The molecule has 0 saturated heterocycles. The number of hydrogen-bond acceptors (Lipinski definition) is 4. The van der Waals surface area contributed by atoms with E-state index in [4.69, 9.17) is 0 Å². The fourth-order valence-electron chi connectivity index (χ4n) is 2.53. The molecular formula is C22H38Na2O4. The van der Waals surface area contributed by atoms with Crippen molar-refractivity contribution in [3.05, 3.63) is 25.3 Å². The number of carbonyl (C=O) groups excluding carboxylic acids is 2. The van der Waals surface area contributed by atoms with Gasteiger partial charge in [-0.3, -0.25) is 0 Å². The summed E-state index contributed by atoms with van der Waals surface area (Å²) < 4.78 is 0. The molecule has 0 heterocycles. The molecule has 0 aliphatic heterocycles. The van der Waals surface area contributed by atoms with Crippen LogP contribution in [0.3, 0.4) is 0 Å². The first-order chi connectivity index (χ1) is 12.5. The number of carbonyl (C=O) groups is 2. The molecule has 0 amide bonds. The maximum atomic E-state index is 10.1. The molecule has 0 radical (unpaired) electrons. The molecule has 4 nitrogen and oxygen atoms in total. The van der Waals surface area contributed by atoms with E-state index >= 15 is 0 Å². The largest absolute Gasteiger partial charge is 1.00 e. The molecule has 0 aliphatic carbocycles. The minimum Gasteiger partial charge on any atom is -0.550 e. The molecule has 0 aromatic carbocycles. The van der Waals surface area contributed by atoms with E-state index in [1.807, 2.05) is 12.2 Å². The van der Waals surface area contributed by atoms with Crippen molar-refractivity contribution in [2.75, 3.05) is 0 Å². The second-order valence-electron chi connectivity index (χ2n) is 6.64. The van der Waals surface area contributed by atoms with E-state index in [1.165, 1.54) is 38.5 Å². The Morgan fingerprint density at radius 2 is 0.786 bits per heavy atom. The third-order valence-electron chi connectivity index (χ3n) is 4.08. The maximum absolute atomic E-state index is 10.1. The van der Waals surface area contributed by atoms with Crippen molar-refractivity contribution in [3.63, 3.8) is 0 Å². The Bertz CT molecular complexity index is 326. The predicted molar refractivity (Wildman–Crippen MR) is 104 cm³/mol. The van der Waals surface area contributed by atoms with Crippen LogP contribution in [0.1, 0.15) is 103 Å². The maximum Gasteiger partial charge on any atom is 1.00 e. The summed E-state index contributed by atoms with van der Waals surface area (Å²) in [6.45, 7) is 7.31. The standard InChI is InChI=1S/2C11H20O2.2Na/c2*1-2-3-4-5-6-7-8-9-10-11(12)13;;/h2*2H,1,3-10H2,(H,12,13);;/q;;2*+1/p-2. The van der Waals surface area contributed by atoms with Crippen molar-refractivity contribution >= 4 is 11.9 Å². The third-order valence-corrected chi connectivity index (χ3v) is 4.08. The number of hydrogen-bond donors (Lipinski definition) is 0. The van der Waals surface area contributed by atoms with Gasteiger partial charge in [-0.2, -0.15) is 0 Å². The van der Waals surface area contributed by atoms with E-state index in [-0.39, 0.29) is 72.0 Å². The van der Waals surface area contributed by atoms with Crippen LogP contribution in [-0.4, -0.2) is 11.9 Å². The van der Waals surface area contributed by atoms with Crippen molar-refractivity contribution in [1.29, 1.82) is 0 Å². The minimum atomic E-state index is -0.924. The Morgan fingerprint density at radius 3 is 1.04 bits per heavy atom. The summed E-state index contributed by atoms with van der Waals surface area (Å²) in [4.78, 5) is 20.1. The Kier molecular flexibility index (Phi) is 41.1. The van der Waals surface area contributed by atoms with Gasteiger partial charge < -0.3 is 19.8 Å². The van der Waals surface area contributed by atoms with Crippen LogP contribution in [0, 0.1) is 0 Å². The second-order valence-corrected chi connectivity index (χ2v) is 6.64. The zero-order chi connectivity index (χ0) is 19.9. The first-order valence-electron chi connectivity index (χ1n) is 10.2. The molecule has 0 saturated carbocycles. The number of allylic oxidation sites excluding steroid dienone is 2. The average Bonchev–Trinajstić information content (AvgIpc) is 2.60. The van der Waals surface area contributed by atoms with Crippen LogP contribution in [0.5, 0.6) is 0 Å². The van der Waals surface area contributed by atoms with Gasteiger partial charge >= 0.3 is 59.1 Å². The van der Waals surface area contributed by atoms with Crippen LogP contribution in [0.25, 0.3) is 0 Å². The summed E-state index contributed by atoms with van der Waals surface area (Å²) in [5.41, 5.74) is 0. The zero-order valence-corrected chi connectivity index (χ0v) is 22.5. The van der Waals surface area contributed by atoms with Gasteiger partial charge in [0.25, 0.3) is 0 Å². The van der Waals surface area contributed by atoms with Gasteiger partial charge in [-0.15, -0.1) is 13.2 Å². The molecule has 0 aliphatic rings. The smallest absolute Gasteiger partial charge is 0.550 e. The fraction of sp³-hybridized carbons (Fsp3) is 0.727. The van der Waals surface area contributed by atoms with Crippen LogP contribution in [0.4, 0.5) is 0 Å². The van der Waals surface area contributed by atoms with Gasteiger partial charge in [0.05, 0.1) is 0 Å². The topological polar surface area (TPSA) is 80.3 Å². The van der Waals surface area contributed by atoms with Gasteiger partial charge in [0.1, 0.15) is 0 Å². The zero-order valence-electron chi connectivity index (χ0n) is 18.5. The summed E-state index contributed by atoms with van der Waals surface area (Å²) in [5, 5.41) is 20.1. The van der Waals surface area contributed by atoms with Gasteiger partial charge in [-0.1, -0.05) is 63.5 Å². The molecule has 0 bridgehead atoms. The summed E-state index contributed by atoms with van der Waals surface area (Å²) in [7, 11) is 0. The average molecular weight is 413 g/mol. The van der Waals surface area contributed by atoms with E-state index in [0.717, 1.165) is 51.4 Å². The van der Waals surface area contributed by atoms with E-state index in [9.17, 15) is 19.8 Å². The summed E-state index contributed by atoms with van der Waals surface area (Å²) in [6.07, 6.45) is 19.7. The van der Waals surface area contributed by atoms with E-state index in [1.54, 1.807) is 0 Å². The van der Waals surface area contributed by atoms with Crippen LogP contribution in [0.2, 0.25) is 0 Å². The SMILES string of the molecule is C=CCCCCCCCCC(=O)[O-].C=CCCCCCCCCC(=O)[O-].[Na+].[Na+]. The number of carboxylic acid groups (broad SMARTS) is 2. The number of rotatable bonds is 18. The minimum absolute atomic E-state index is 0. The van der Waals surface area contributed by atoms with Crippen LogP contribution >= 0.6 is 0 Å². The van der Waals surface area contributed by atoms with Gasteiger partial charge in [-0.05, 0) is 51.4 Å². The number of carboxylic acids is 2. The molecular weight excluding hydrogens is 374 g/mol. The molecule has 0 rings (SSSR count).